The minimum absolute atomic E-state index is 0.00696. The first-order valence-electron chi connectivity index (χ1n) is 9.65. The number of aryl methyl sites for hydroxylation is 2. The highest BCUT2D eigenvalue weighted by atomic mass is 16.1. The van der Waals surface area contributed by atoms with Crippen molar-refractivity contribution in [2.75, 3.05) is 0 Å². The number of aromatic nitrogens is 6. The van der Waals surface area contributed by atoms with Crippen molar-refractivity contribution >= 4 is 0 Å². The number of hydrogen-bond acceptors (Lipinski definition) is 5. The summed E-state index contributed by atoms with van der Waals surface area (Å²) in [4.78, 5) is 17.1. The summed E-state index contributed by atoms with van der Waals surface area (Å²) in [5.74, 6) is 1.40. The first-order valence-corrected chi connectivity index (χ1v) is 9.65. The Balaban J connectivity index is 1.65. The Morgan fingerprint density at radius 2 is 1.79 bits per heavy atom. The van der Waals surface area contributed by atoms with Crippen LogP contribution in [0, 0.1) is 6.92 Å². The van der Waals surface area contributed by atoms with Gasteiger partial charge in [0, 0.05) is 23.7 Å². The predicted molar refractivity (Wildman–Crippen MR) is 111 cm³/mol. The molecule has 2 heterocycles. The first-order chi connectivity index (χ1) is 14.2. The van der Waals surface area contributed by atoms with Crippen LogP contribution in [0.2, 0.25) is 0 Å². The van der Waals surface area contributed by atoms with Crippen LogP contribution in [-0.2, 0) is 13.0 Å². The number of tetrazole rings is 1. The molecule has 7 nitrogen and oxygen atoms in total. The average Bonchev–Trinajstić information content (AvgIpc) is 3.26. The lowest BCUT2D eigenvalue weighted by Gasteiger charge is -2.13. The molecule has 0 aliphatic carbocycles. The molecule has 29 heavy (non-hydrogen) atoms. The van der Waals surface area contributed by atoms with Gasteiger partial charge in [-0.15, -0.1) is 10.2 Å². The monoisotopic (exact) mass is 386 g/mol. The highest BCUT2D eigenvalue weighted by molar-refractivity contribution is 5.80. The van der Waals surface area contributed by atoms with Gasteiger partial charge in [0.25, 0.3) is 5.56 Å². The highest BCUT2D eigenvalue weighted by Crippen LogP contribution is 2.29. The summed E-state index contributed by atoms with van der Waals surface area (Å²) in [5, 5.41) is 14.4. The third-order valence-electron chi connectivity index (χ3n) is 4.81. The van der Waals surface area contributed by atoms with Crippen LogP contribution in [0.1, 0.15) is 30.4 Å². The molecule has 0 bridgehead atoms. The Bertz CT molecular complexity index is 1160. The van der Waals surface area contributed by atoms with Crippen LogP contribution >= 0.6 is 0 Å². The molecule has 0 fully saturated rings. The summed E-state index contributed by atoms with van der Waals surface area (Å²) in [6, 6.07) is 17.7. The van der Waals surface area contributed by atoms with E-state index in [1.54, 1.807) is 10.6 Å². The number of aromatic amines is 1. The molecule has 0 atom stereocenters. The van der Waals surface area contributed by atoms with Gasteiger partial charge in [-0.05, 0) is 35.2 Å². The van der Waals surface area contributed by atoms with Gasteiger partial charge in [-0.1, -0.05) is 55.5 Å². The third kappa shape index (κ3) is 3.99. The van der Waals surface area contributed by atoms with E-state index in [2.05, 4.69) is 44.7 Å². The third-order valence-corrected chi connectivity index (χ3v) is 4.81. The Morgan fingerprint density at radius 3 is 2.48 bits per heavy atom. The first kappa shape index (κ1) is 18.7. The number of nitrogens with one attached hydrogen (secondary N) is 1. The molecule has 0 aliphatic heterocycles. The molecule has 0 radical (unpaired) electrons. The van der Waals surface area contributed by atoms with Crippen molar-refractivity contribution in [2.24, 2.45) is 0 Å². The van der Waals surface area contributed by atoms with E-state index in [0.29, 0.717) is 12.4 Å². The van der Waals surface area contributed by atoms with Crippen molar-refractivity contribution in [1.82, 2.24) is 30.2 Å². The number of H-pyrrole nitrogens is 1. The lowest BCUT2D eigenvalue weighted by atomic mass is 9.98. The van der Waals surface area contributed by atoms with Crippen LogP contribution in [0.5, 0.6) is 0 Å². The molecule has 0 saturated carbocycles. The fourth-order valence-electron chi connectivity index (χ4n) is 3.44. The van der Waals surface area contributed by atoms with Crippen molar-refractivity contribution in [1.29, 1.82) is 0 Å². The topological polar surface area (TPSA) is 89.4 Å². The molecule has 0 saturated heterocycles. The van der Waals surface area contributed by atoms with Crippen LogP contribution in [0.4, 0.5) is 0 Å². The second-order valence-corrected chi connectivity index (χ2v) is 6.97. The normalized spacial score (nSPS) is 11.0. The van der Waals surface area contributed by atoms with Gasteiger partial charge < -0.3 is 0 Å². The maximum Gasteiger partial charge on any atom is 0.254 e. The van der Waals surface area contributed by atoms with Gasteiger partial charge in [-0.3, -0.25) is 9.36 Å². The summed E-state index contributed by atoms with van der Waals surface area (Å²) in [6.07, 6.45) is 1.73. The molecular weight excluding hydrogens is 364 g/mol. The highest BCUT2D eigenvalue weighted by Gasteiger charge is 2.11. The summed E-state index contributed by atoms with van der Waals surface area (Å²) in [5.41, 5.74) is 4.81. The second-order valence-electron chi connectivity index (χ2n) is 6.97. The van der Waals surface area contributed by atoms with E-state index >= 15 is 0 Å². The minimum Gasteiger partial charge on any atom is -0.292 e. The van der Waals surface area contributed by atoms with E-state index in [1.165, 1.54) is 0 Å². The molecule has 0 spiro atoms. The summed E-state index contributed by atoms with van der Waals surface area (Å²) in [6.45, 7) is 4.46. The van der Waals surface area contributed by atoms with Gasteiger partial charge in [0.1, 0.15) is 5.82 Å². The van der Waals surface area contributed by atoms with Crippen molar-refractivity contribution in [3.8, 4) is 22.5 Å². The van der Waals surface area contributed by atoms with Gasteiger partial charge in [-0.25, -0.2) is 4.98 Å². The van der Waals surface area contributed by atoms with Crippen LogP contribution in [0.3, 0.4) is 0 Å². The van der Waals surface area contributed by atoms with Gasteiger partial charge >= 0.3 is 0 Å². The quantitative estimate of drug-likeness (QED) is 0.549. The maximum absolute atomic E-state index is 12.5. The number of hydrogen-bond donors (Lipinski definition) is 1. The zero-order valence-corrected chi connectivity index (χ0v) is 16.5. The van der Waals surface area contributed by atoms with Crippen molar-refractivity contribution < 1.29 is 0 Å². The molecule has 4 rings (SSSR count). The molecule has 0 aliphatic rings. The predicted octanol–water partition coefficient (Wildman–Crippen LogP) is 3.40. The Morgan fingerprint density at radius 1 is 1.03 bits per heavy atom. The number of nitrogens with zero attached hydrogens (tertiary/aromatic N) is 5. The van der Waals surface area contributed by atoms with Crippen LogP contribution in [0.15, 0.2) is 59.4 Å². The molecule has 0 amide bonds. The summed E-state index contributed by atoms with van der Waals surface area (Å²) < 4.78 is 1.76. The van der Waals surface area contributed by atoms with Gasteiger partial charge in [0.15, 0.2) is 0 Å². The second kappa shape index (κ2) is 8.18. The molecule has 2 aromatic heterocycles. The number of benzene rings is 2. The van der Waals surface area contributed by atoms with Crippen LogP contribution in [-0.4, -0.2) is 30.2 Å². The standard InChI is InChI=1S/C22H22N6O/c1-3-6-20-23-15(2)13-21(29)28(20)14-16-9-11-17(12-10-16)18-7-4-5-8-19(18)22-24-26-27-25-22/h4-5,7-13H,3,6,14H2,1-2H3,(H,24,25,26,27). The molecule has 146 valence electrons. The van der Waals surface area contributed by atoms with Gasteiger partial charge in [0.05, 0.1) is 6.54 Å². The van der Waals surface area contributed by atoms with E-state index < -0.39 is 0 Å². The molecule has 1 N–H and O–H groups in total. The van der Waals surface area contributed by atoms with Crippen molar-refractivity contribution in [3.63, 3.8) is 0 Å². The van der Waals surface area contributed by atoms with E-state index in [0.717, 1.165) is 46.6 Å². The maximum atomic E-state index is 12.5. The van der Waals surface area contributed by atoms with E-state index in [4.69, 9.17) is 0 Å². The molecule has 0 unspecified atom stereocenters. The Kier molecular flexibility index (Phi) is 5.29. The van der Waals surface area contributed by atoms with Crippen molar-refractivity contribution in [2.45, 2.75) is 33.2 Å². The Labute approximate surface area is 168 Å². The molecular formula is C22H22N6O. The zero-order valence-electron chi connectivity index (χ0n) is 16.5. The van der Waals surface area contributed by atoms with Gasteiger partial charge in [-0.2, -0.15) is 5.21 Å². The molecule has 4 aromatic rings. The lowest BCUT2D eigenvalue weighted by molar-refractivity contribution is 0.649. The average molecular weight is 386 g/mol. The van der Waals surface area contributed by atoms with Crippen LogP contribution in [0.25, 0.3) is 22.5 Å². The fourth-order valence-corrected chi connectivity index (χ4v) is 3.44. The Hall–Kier alpha value is -3.61. The lowest BCUT2D eigenvalue weighted by Crippen LogP contribution is -2.25. The van der Waals surface area contributed by atoms with E-state index in [9.17, 15) is 4.79 Å². The molecule has 7 heteroatoms. The summed E-state index contributed by atoms with van der Waals surface area (Å²) in [7, 11) is 0. The SMILES string of the molecule is CCCc1nc(C)cc(=O)n1Cc1ccc(-c2ccccc2-c2nn[nH]n2)cc1. The zero-order chi connectivity index (χ0) is 20.2. The minimum atomic E-state index is -0.00696. The van der Waals surface area contributed by atoms with Gasteiger partial charge in [0.2, 0.25) is 5.82 Å². The molecule has 2 aromatic carbocycles. The van der Waals surface area contributed by atoms with Crippen LogP contribution < -0.4 is 5.56 Å². The van der Waals surface area contributed by atoms with E-state index in [1.807, 2.05) is 43.3 Å². The largest absolute Gasteiger partial charge is 0.292 e. The van der Waals surface area contributed by atoms with E-state index in [-0.39, 0.29) is 5.56 Å². The fraction of sp³-hybridized carbons (Fsp3) is 0.227. The number of rotatable bonds is 6. The van der Waals surface area contributed by atoms with Crippen molar-refractivity contribution in [3.05, 3.63) is 82.0 Å². The smallest absolute Gasteiger partial charge is 0.254 e. The summed E-state index contributed by atoms with van der Waals surface area (Å²) >= 11 is 0.